The van der Waals surface area contributed by atoms with E-state index < -0.39 is 18.5 Å². The van der Waals surface area contributed by atoms with Gasteiger partial charge in [-0.1, -0.05) is 23.7 Å². The number of carbonyl (C=O) groups is 2. The van der Waals surface area contributed by atoms with Crippen molar-refractivity contribution in [2.24, 2.45) is 0 Å². The van der Waals surface area contributed by atoms with Crippen LogP contribution in [0.5, 0.6) is 17.2 Å². The van der Waals surface area contributed by atoms with Crippen molar-refractivity contribution in [2.45, 2.75) is 6.42 Å². The normalized spacial score (nSPS) is 10.1. The molecule has 8 heteroatoms. The van der Waals surface area contributed by atoms with E-state index in [4.69, 9.17) is 30.5 Å². The molecule has 2 rings (SSSR count). The molecule has 0 saturated carbocycles. The second-order valence-corrected chi connectivity index (χ2v) is 5.81. The number of rotatable bonds is 8. The smallest absolute Gasteiger partial charge is 0.310 e. The van der Waals surface area contributed by atoms with Crippen molar-refractivity contribution in [3.8, 4) is 17.2 Å². The minimum Gasteiger partial charge on any atom is -0.493 e. The number of para-hydroxylation sites is 1. The summed E-state index contributed by atoms with van der Waals surface area (Å²) in [6, 6.07) is 10.1. The number of anilines is 1. The molecular formula is C19H20ClNO6. The molecule has 0 fully saturated rings. The van der Waals surface area contributed by atoms with Crippen molar-refractivity contribution >= 4 is 29.2 Å². The van der Waals surface area contributed by atoms with E-state index in [0.29, 0.717) is 33.5 Å². The molecule has 2 aromatic rings. The molecular weight excluding hydrogens is 374 g/mol. The third kappa shape index (κ3) is 5.52. The maximum Gasteiger partial charge on any atom is 0.310 e. The Labute approximate surface area is 162 Å². The van der Waals surface area contributed by atoms with Crippen LogP contribution in [-0.4, -0.2) is 39.8 Å². The Bertz CT molecular complexity index is 799. The summed E-state index contributed by atoms with van der Waals surface area (Å²) >= 11 is 5.96. The molecule has 0 radical (unpaired) electrons. The van der Waals surface area contributed by atoms with E-state index in [1.54, 1.807) is 36.4 Å². The van der Waals surface area contributed by atoms with Gasteiger partial charge in [-0.3, -0.25) is 9.59 Å². The van der Waals surface area contributed by atoms with Gasteiger partial charge < -0.3 is 24.3 Å². The Hall–Kier alpha value is -2.93. The minimum absolute atomic E-state index is 0.0594. The fourth-order valence-electron chi connectivity index (χ4n) is 2.35. The minimum atomic E-state index is -0.571. The van der Waals surface area contributed by atoms with Gasteiger partial charge in [-0.15, -0.1) is 0 Å². The summed E-state index contributed by atoms with van der Waals surface area (Å²) in [6.45, 7) is -0.422. The summed E-state index contributed by atoms with van der Waals surface area (Å²) in [5.74, 6) is 0.225. The van der Waals surface area contributed by atoms with Crippen molar-refractivity contribution < 1.29 is 28.5 Å². The quantitative estimate of drug-likeness (QED) is 0.694. The highest BCUT2D eigenvalue weighted by Crippen LogP contribution is 2.38. The number of carbonyl (C=O) groups excluding carboxylic acids is 2. The number of hydrogen-bond donors (Lipinski definition) is 1. The monoisotopic (exact) mass is 393 g/mol. The van der Waals surface area contributed by atoms with Gasteiger partial charge in [-0.25, -0.2) is 0 Å². The highest BCUT2D eigenvalue weighted by atomic mass is 35.5. The van der Waals surface area contributed by atoms with Gasteiger partial charge in [-0.05, 0) is 29.8 Å². The van der Waals surface area contributed by atoms with Crippen LogP contribution in [0.3, 0.4) is 0 Å². The second-order valence-electron chi connectivity index (χ2n) is 5.40. The highest BCUT2D eigenvalue weighted by Gasteiger charge is 2.16. The van der Waals surface area contributed by atoms with Gasteiger partial charge in [0.2, 0.25) is 5.75 Å². The predicted molar refractivity (Wildman–Crippen MR) is 101 cm³/mol. The summed E-state index contributed by atoms with van der Waals surface area (Å²) in [5, 5.41) is 2.97. The molecule has 0 saturated heterocycles. The van der Waals surface area contributed by atoms with Crippen molar-refractivity contribution in [2.75, 3.05) is 33.3 Å². The van der Waals surface area contributed by atoms with Crippen LogP contribution in [0, 0.1) is 0 Å². The third-order valence-electron chi connectivity index (χ3n) is 3.59. The van der Waals surface area contributed by atoms with Crippen LogP contribution in [0.15, 0.2) is 36.4 Å². The zero-order valence-electron chi connectivity index (χ0n) is 15.2. The van der Waals surface area contributed by atoms with Crippen LogP contribution in [0.4, 0.5) is 5.69 Å². The van der Waals surface area contributed by atoms with Gasteiger partial charge in [0.15, 0.2) is 18.1 Å². The van der Waals surface area contributed by atoms with Crippen molar-refractivity contribution in [1.29, 1.82) is 0 Å². The number of ether oxygens (including phenoxy) is 4. The predicted octanol–water partition coefficient (Wildman–Crippen LogP) is 3.09. The van der Waals surface area contributed by atoms with E-state index in [9.17, 15) is 9.59 Å². The number of hydrogen-bond acceptors (Lipinski definition) is 6. The van der Waals surface area contributed by atoms with Crippen LogP contribution in [0.25, 0.3) is 0 Å². The molecule has 0 spiro atoms. The Morgan fingerprint density at radius 1 is 1.00 bits per heavy atom. The van der Waals surface area contributed by atoms with Crippen LogP contribution in [0.2, 0.25) is 5.02 Å². The molecule has 27 heavy (non-hydrogen) atoms. The van der Waals surface area contributed by atoms with Crippen molar-refractivity contribution in [3.63, 3.8) is 0 Å². The Kier molecular flexibility index (Phi) is 7.31. The maximum absolute atomic E-state index is 12.0. The molecule has 0 unspecified atom stereocenters. The molecule has 0 bridgehead atoms. The van der Waals surface area contributed by atoms with E-state index in [0.717, 1.165) is 0 Å². The van der Waals surface area contributed by atoms with E-state index in [1.807, 2.05) is 0 Å². The van der Waals surface area contributed by atoms with E-state index in [2.05, 4.69) is 5.32 Å². The zero-order chi connectivity index (χ0) is 19.8. The lowest BCUT2D eigenvalue weighted by atomic mass is 10.1. The van der Waals surface area contributed by atoms with Crippen LogP contribution >= 0.6 is 11.6 Å². The van der Waals surface area contributed by atoms with Crippen LogP contribution in [0.1, 0.15) is 5.56 Å². The fourth-order valence-corrected chi connectivity index (χ4v) is 2.53. The third-order valence-corrected chi connectivity index (χ3v) is 3.91. The molecule has 0 aliphatic heterocycles. The Balaban J connectivity index is 1.95. The topological polar surface area (TPSA) is 83.1 Å². The Morgan fingerprint density at radius 3 is 2.19 bits per heavy atom. The van der Waals surface area contributed by atoms with E-state index in [1.165, 1.54) is 21.3 Å². The van der Waals surface area contributed by atoms with Crippen molar-refractivity contribution in [1.82, 2.24) is 0 Å². The van der Waals surface area contributed by atoms with Gasteiger partial charge in [-0.2, -0.15) is 0 Å². The fraction of sp³-hybridized carbons (Fsp3) is 0.263. The summed E-state index contributed by atoms with van der Waals surface area (Å²) in [5.41, 5.74) is 1.05. The van der Waals surface area contributed by atoms with Gasteiger partial charge in [0.05, 0.1) is 38.5 Å². The molecule has 0 aliphatic carbocycles. The highest BCUT2D eigenvalue weighted by molar-refractivity contribution is 6.33. The summed E-state index contributed by atoms with van der Waals surface area (Å²) < 4.78 is 20.7. The number of amides is 1. The first-order valence-corrected chi connectivity index (χ1v) is 8.35. The largest absolute Gasteiger partial charge is 0.493 e. The Morgan fingerprint density at radius 2 is 1.63 bits per heavy atom. The average Bonchev–Trinajstić information content (AvgIpc) is 2.67. The van der Waals surface area contributed by atoms with Crippen molar-refractivity contribution in [3.05, 3.63) is 47.0 Å². The van der Waals surface area contributed by atoms with E-state index in [-0.39, 0.29) is 6.42 Å². The molecule has 1 N–H and O–H groups in total. The average molecular weight is 394 g/mol. The second kappa shape index (κ2) is 9.68. The van der Waals surface area contributed by atoms with Gasteiger partial charge in [0.1, 0.15) is 0 Å². The SMILES string of the molecule is COc1cc(CC(=O)OCC(=O)Nc2ccccc2Cl)cc(OC)c1OC. The number of benzene rings is 2. The summed E-state index contributed by atoms with van der Waals surface area (Å²) in [6.07, 6.45) is -0.0594. The van der Waals surface area contributed by atoms with Crippen LogP contribution < -0.4 is 19.5 Å². The van der Waals surface area contributed by atoms with Gasteiger partial charge in [0.25, 0.3) is 5.91 Å². The number of methoxy groups -OCH3 is 3. The lowest BCUT2D eigenvalue weighted by Gasteiger charge is -2.14. The lowest BCUT2D eigenvalue weighted by molar-refractivity contribution is -0.146. The van der Waals surface area contributed by atoms with Gasteiger partial charge in [0, 0.05) is 0 Å². The summed E-state index contributed by atoms with van der Waals surface area (Å²) in [4.78, 5) is 24.0. The van der Waals surface area contributed by atoms with E-state index >= 15 is 0 Å². The standard InChI is InChI=1S/C19H20ClNO6/c1-24-15-8-12(9-16(25-2)19(15)26-3)10-18(23)27-11-17(22)21-14-7-5-4-6-13(14)20/h4-9H,10-11H2,1-3H3,(H,21,22). The number of halogens is 1. The molecule has 7 nitrogen and oxygen atoms in total. The number of nitrogens with one attached hydrogen (secondary N) is 1. The first-order chi connectivity index (χ1) is 13.0. The molecule has 0 aromatic heterocycles. The van der Waals surface area contributed by atoms with Crippen LogP contribution in [-0.2, 0) is 20.7 Å². The molecule has 2 aromatic carbocycles. The zero-order valence-corrected chi connectivity index (χ0v) is 16.0. The molecule has 1 amide bonds. The van der Waals surface area contributed by atoms with Gasteiger partial charge >= 0.3 is 5.97 Å². The number of esters is 1. The molecule has 144 valence electrons. The molecule has 0 heterocycles. The first kappa shape index (κ1) is 20.4. The molecule has 0 aliphatic rings. The maximum atomic E-state index is 12.0. The first-order valence-electron chi connectivity index (χ1n) is 7.97. The molecule has 0 atom stereocenters. The summed E-state index contributed by atoms with van der Waals surface area (Å²) in [7, 11) is 4.46. The lowest BCUT2D eigenvalue weighted by Crippen LogP contribution is -2.21.